The van der Waals surface area contributed by atoms with Crippen LogP contribution < -0.4 is 5.14 Å². The molecule has 20 heavy (non-hydrogen) atoms. The highest BCUT2D eigenvalue weighted by Gasteiger charge is 2.24. The van der Waals surface area contributed by atoms with Crippen LogP contribution in [0.1, 0.15) is 23.2 Å². The minimum atomic E-state index is -3.79. The molecule has 0 unspecified atom stereocenters. The molecule has 0 bridgehead atoms. The summed E-state index contributed by atoms with van der Waals surface area (Å²) in [7, 11) is -2.13. The average molecular weight is 298 g/mol. The summed E-state index contributed by atoms with van der Waals surface area (Å²) in [6, 6.07) is 5.82. The van der Waals surface area contributed by atoms with Gasteiger partial charge in [-0.15, -0.1) is 0 Å². The van der Waals surface area contributed by atoms with E-state index in [1.54, 1.807) is 18.1 Å². The number of nitrogens with two attached hydrogens (primary N) is 1. The van der Waals surface area contributed by atoms with Gasteiger partial charge >= 0.3 is 0 Å². The number of carbonyl (C=O) groups is 1. The first-order chi connectivity index (χ1) is 9.41. The van der Waals surface area contributed by atoms with E-state index in [2.05, 4.69) is 0 Å². The number of carbonyl (C=O) groups excluding carboxylic acids is 1. The maximum atomic E-state index is 12.3. The van der Waals surface area contributed by atoms with Crippen LogP contribution in [0.5, 0.6) is 0 Å². The third kappa shape index (κ3) is 3.36. The van der Waals surface area contributed by atoms with Crippen molar-refractivity contribution in [2.75, 3.05) is 20.2 Å². The highest BCUT2D eigenvalue weighted by atomic mass is 32.2. The maximum absolute atomic E-state index is 12.3. The third-order valence-corrected chi connectivity index (χ3v) is 4.38. The molecule has 2 rings (SSSR count). The van der Waals surface area contributed by atoms with Crippen LogP contribution >= 0.6 is 0 Å². The molecule has 1 amide bonds. The number of rotatable bonds is 3. The second-order valence-corrected chi connectivity index (χ2v) is 6.36. The monoisotopic (exact) mass is 298 g/mol. The Morgan fingerprint density at radius 1 is 1.35 bits per heavy atom. The summed E-state index contributed by atoms with van der Waals surface area (Å²) in [4.78, 5) is 14.0. The van der Waals surface area contributed by atoms with Crippen LogP contribution in [0, 0.1) is 0 Å². The van der Waals surface area contributed by atoms with E-state index >= 15 is 0 Å². The average Bonchev–Trinajstić information content (AvgIpc) is 2.46. The van der Waals surface area contributed by atoms with Gasteiger partial charge in [-0.1, -0.05) is 6.07 Å². The Labute approximate surface area is 118 Å². The van der Waals surface area contributed by atoms with Crippen LogP contribution in [0.25, 0.3) is 0 Å². The van der Waals surface area contributed by atoms with Crippen molar-refractivity contribution < 1.29 is 17.9 Å². The molecule has 1 aliphatic rings. The van der Waals surface area contributed by atoms with Gasteiger partial charge in [0.1, 0.15) is 0 Å². The van der Waals surface area contributed by atoms with Crippen LogP contribution in [-0.4, -0.2) is 45.5 Å². The van der Waals surface area contributed by atoms with E-state index in [0.29, 0.717) is 18.7 Å². The topological polar surface area (TPSA) is 89.7 Å². The van der Waals surface area contributed by atoms with Gasteiger partial charge in [0, 0.05) is 25.8 Å². The lowest BCUT2D eigenvalue weighted by molar-refractivity contribution is 0.0350. The van der Waals surface area contributed by atoms with Gasteiger partial charge in [0.05, 0.1) is 11.0 Å². The molecule has 0 saturated carbocycles. The van der Waals surface area contributed by atoms with Crippen molar-refractivity contribution in [3.05, 3.63) is 29.8 Å². The minimum Gasteiger partial charge on any atom is -0.381 e. The number of likely N-dealkylation sites (tertiary alicyclic amines) is 1. The van der Waals surface area contributed by atoms with E-state index in [-0.39, 0.29) is 16.9 Å². The quantitative estimate of drug-likeness (QED) is 0.884. The molecular formula is C13H18N2O4S. The smallest absolute Gasteiger partial charge is 0.253 e. The van der Waals surface area contributed by atoms with E-state index in [4.69, 9.17) is 9.88 Å². The molecule has 2 N–H and O–H groups in total. The predicted octanol–water partition coefficient (Wildman–Crippen LogP) is 0.585. The van der Waals surface area contributed by atoms with Crippen LogP contribution in [0.15, 0.2) is 29.2 Å². The minimum absolute atomic E-state index is 0.0462. The van der Waals surface area contributed by atoms with Gasteiger partial charge in [-0.3, -0.25) is 4.79 Å². The first-order valence-corrected chi connectivity index (χ1v) is 7.91. The van der Waals surface area contributed by atoms with Crippen molar-refractivity contribution in [1.29, 1.82) is 0 Å². The summed E-state index contributed by atoms with van der Waals surface area (Å²) in [6.45, 7) is 1.22. The van der Waals surface area contributed by atoms with Gasteiger partial charge in [-0.25, -0.2) is 13.6 Å². The SMILES string of the molecule is COC1CCN(C(=O)c2cccc(S(N)(=O)=O)c2)CC1. The Morgan fingerprint density at radius 3 is 2.55 bits per heavy atom. The number of ether oxygens (including phenoxy) is 1. The molecule has 1 fully saturated rings. The number of hydrogen-bond donors (Lipinski definition) is 1. The van der Waals surface area contributed by atoms with Gasteiger partial charge in [-0.2, -0.15) is 0 Å². The molecule has 1 aromatic rings. The molecule has 7 heteroatoms. The maximum Gasteiger partial charge on any atom is 0.253 e. The van der Waals surface area contributed by atoms with Crippen molar-refractivity contribution in [3.8, 4) is 0 Å². The Balaban J connectivity index is 2.14. The van der Waals surface area contributed by atoms with E-state index in [1.807, 2.05) is 0 Å². The number of hydrogen-bond acceptors (Lipinski definition) is 4. The molecule has 1 aliphatic heterocycles. The number of piperidine rings is 1. The summed E-state index contributed by atoms with van der Waals surface area (Å²) < 4.78 is 27.9. The van der Waals surface area contributed by atoms with Gasteiger partial charge in [0.25, 0.3) is 5.91 Å². The summed E-state index contributed by atoms with van der Waals surface area (Å²) >= 11 is 0. The Kier molecular flexibility index (Phi) is 4.42. The fraction of sp³-hybridized carbons (Fsp3) is 0.462. The number of benzene rings is 1. The lowest BCUT2D eigenvalue weighted by atomic mass is 10.1. The fourth-order valence-corrected chi connectivity index (χ4v) is 2.84. The molecule has 1 saturated heterocycles. The number of amides is 1. The van der Waals surface area contributed by atoms with Crippen LogP contribution in [-0.2, 0) is 14.8 Å². The Morgan fingerprint density at radius 2 is 2.00 bits per heavy atom. The molecule has 1 heterocycles. The molecule has 0 aromatic heterocycles. The molecular weight excluding hydrogens is 280 g/mol. The zero-order chi connectivity index (χ0) is 14.8. The molecule has 110 valence electrons. The van der Waals surface area contributed by atoms with Gasteiger partial charge in [0.2, 0.25) is 10.0 Å². The number of methoxy groups -OCH3 is 1. The van der Waals surface area contributed by atoms with E-state index < -0.39 is 10.0 Å². The first kappa shape index (κ1) is 15.0. The standard InChI is InChI=1S/C13H18N2O4S/c1-19-11-5-7-15(8-6-11)13(16)10-3-2-4-12(9-10)20(14,17)18/h2-4,9,11H,5-8H2,1H3,(H2,14,17,18). The van der Waals surface area contributed by atoms with Crippen molar-refractivity contribution in [2.45, 2.75) is 23.8 Å². The van der Waals surface area contributed by atoms with Crippen molar-refractivity contribution >= 4 is 15.9 Å². The Bertz CT molecular complexity index is 592. The van der Waals surface area contributed by atoms with E-state index in [0.717, 1.165) is 12.8 Å². The summed E-state index contributed by atoms with van der Waals surface area (Å²) in [5.41, 5.74) is 0.340. The second-order valence-electron chi connectivity index (χ2n) is 4.80. The lowest BCUT2D eigenvalue weighted by Gasteiger charge is -2.31. The number of primary sulfonamides is 1. The van der Waals surface area contributed by atoms with Gasteiger partial charge in [0.15, 0.2) is 0 Å². The third-order valence-electron chi connectivity index (χ3n) is 3.47. The number of nitrogens with zero attached hydrogens (tertiary/aromatic N) is 1. The molecule has 0 atom stereocenters. The first-order valence-electron chi connectivity index (χ1n) is 6.37. The highest BCUT2D eigenvalue weighted by Crippen LogP contribution is 2.17. The van der Waals surface area contributed by atoms with Crippen LogP contribution in [0.4, 0.5) is 0 Å². The molecule has 0 spiro atoms. The van der Waals surface area contributed by atoms with Crippen molar-refractivity contribution in [3.63, 3.8) is 0 Å². The zero-order valence-electron chi connectivity index (χ0n) is 11.3. The Hall–Kier alpha value is -1.44. The van der Waals surface area contributed by atoms with Crippen molar-refractivity contribution in [2.24, 2.45) is 5.14 Å². The lowest BCUT2D eigenvalue weighted by Crippen LogP contribution is -2.40. The van der Waals surface area contributed by atoms with Crippen LogP contribution in [0.2, 0.25) is 0 Å². The summed E-state index contributed by atoms with van der Waals surface area (Å²) in [6.07, 6.45) is 1.77. The molecule has 0 aliphatic carbocycles. The van der Waals surface area contributed by atoms with E-state index in [9.17, 15) is 13.2 Å². The predicted molar refractivity (Wildman–Crippen MR) is 73.7 cm³/mol. The largest absolute Gasteiger partial charge is 0.381 e. The summed E-state index contributed by atoms with van der Waals surface area (Å²) in [5.74, 6) is -0.176. The molecule has 0 radical (unpaired) electrons. The van der Waals surface area contributed by atoms with E-state index in [1.165, 1.54) is 18.2 Å². The molecule has 1 aromatic carbocycles. The van der Waals surface area contributed by atoms with Gasteiger partial charge in [-0.05, 0) is 31.0 Å². The second kappa shape index (κ2) is 5.90. The van der Waals surface area contributed by atoms with Crippen molar-refractivity contribution in [1.82, 2.24) is 4.90 Å². The number of sulfonamides is 1. The molecule has 6 nitrogen and oxygen atoms in total. The zero-order valence-corrected chi connectivity index (χ0v) is 12.1. The fourth-order valence-electron chi connectivity index (χ4n) is 2.28. The summed E-state index contributed by atoms with van der Waals surface area (Å²) in [5, 5.41) is 5.07. The van der Waals surface area contributed by atoms with Gasteiger partial charge < -0.3 is 9.64 Å². The normalized spacial score (nSPS) is 17.2. The van der Waals surface area contributed by atoms with Crippen LogP contribution in [0.3, 0.4) is 0 Å². The highest BCUT2D eigenvalue weighted by molar-refractivity contribution is 7.89.